The minimum atomic E-state index is -0.381. The minimum absolute atomic E-state index is 0.313. The van der Waals surface area contributed by atoms with Gasteiger partial charge in [-0.1, -0.05) is 41.4 Å². The van der Waals surface area contributed by atoms with Crippen LogP contribution in [0.25, 0.3) is 22.4 Å². The van der Waals surface area contributed by atoms with Crippen molar-refractivity contribution in [1.82, 2.24) is 10.2 Å². The average molecular weight is 302 g/mol. The SMILES string of the molecule is Cc1cccc(-c2c(N)n[nH]c2-c2ccc(F)cc2Cl)c1. The zero-order valence-electron chi connectivity index (χ0n) is 11.3. The quantitative estimate of drug-likeness (QED) is 0.736. The largest absolute Gasteiger partial charge is 0.382 e. The zero-order valence-corrected chi connectivity index (χ0v) is 12.1. The first-order valence-electron chi connectivity index (χ1n) is 6.42. The van der Waals surface area contributed by atoms with Gasteiger partial charge in [0.05, 0.1) is 16.3 Å². The Labute approximate surface area is 126 Å². The Morgan fingerprint density at radius 3 is 2.71 bits per heavy atom. The summed E-state index contributed by atoms with van der Waals surface area (Å²) in [7, 11) is 0. The van der Waals surface area contributed by atoms with Gasteiger partial charge < -0.3 is 5.73 Å². The van der Waals surface area contributed by atoms with Gasteiger partial charge in [0.25, 0.3) is 0 Å². The van der Waals surface area contributed by atoms with Crippen LogP contribution in [0, 0.1) is 12.7 Å². The number of aryl methyl sites for hydroxylation is 1. The van der Waals surface area contributed by atoms with E-state index in [1.807, 2.05) is 31.2 Å². The fourth-order valence-corrected chi connectivity index (χ4v) is 2.60. The van der Waals surface area contributed by atoms with Gasteiger partial charge in [-0.3, -0.25) is 5.10 Å². The number of rotatable bonds is 2. The van der Waals surface area contributed by atoms with Crippen LogP contribution in [0.15, 0.2) is 42.5 Å². The molecule has 0 radical (unpaired) electrons. The summed E-state index contributed by atoms with van der Waals surface area (Å²) in [4.78, 5) is 0. The fourth-order valence-electron chi connectivity index (χ4n) is 2.34. The molecule has 5 heteroatoms. The van der Waals surface area contributed by atoms with Gasteiger partial charge in [0, 0.05) is 5.56 Å². The number of nitrogen functional groups attached to an aromatic ring is 1. The highest BCUT2D eigenvalue weighted by atomic mass is 35.5. The Kier molecular flexibility index (Phi) is 3.39. The lowest BCUT2D eigenvalue weighted by molar-refractivity contribution is 0.628. The molecule has 0 saturated carbocycles. The molecule has 2 aromatic carbocycles. The lowest BCUT2D eigenvalue weighted by atomic mass is 9.99. The molecule has 0 amide bonds. The van der Waals surface area contributed by atoms with Crippen LogP contribution in [0.2, 0.25) is 5.02 Å². The highest BCUT2D eigenvalue weighted by Crippen LogP contribution is 2.38. The van der Waals surface area contributed by atoms with Crippen molar-refractivity contribution in [2.24, 2.45) is 0 Å². The molecule has 3 nitrogen and oxygen atoms in total. The highest BCUT2D eigenvalue weighted by molar-refractivity contribution is 6.33. The molecule has 0 atom stereocenters. The molecule has 0 fully saturated rings. The third-order valence-corrected chi connectivity index (χ3v) is 3.61. The summed E-state index contributed by atoms with van der Waals surface area (Å²) in [5.41, 5.74) is 10.2. The van der Waals surface area contributed by atoms with Crippen LogP contribution < -0.4 is 5.73 Å². The molecule has 0 aliphatic rings. The topological polar surface area (TPSA) is 54.7 Å². The Bertz CT molecular complexity index is 811. The molecule has 0 unspecified atom stereocenters. The van der Waals surface area contributed by atoms with Gasteiger partial charge in [0.15, 0.2) is 5.82 Å². The first-order chi connectivity index (χ1) is 10.1. The molecular weight excluding hydrogens is 289 g/mol. The molecule has 0 aliphatic heterocycles. The van der Waals surface area contributed by atoms with Crippen LogP contribution in [0.4, 0.5) is 10.2 Å². The van der Waals surface area contributed by atoms with E-state index >= 15 is 0 Å². The molecule has 0 spiro atoms. The van der Waals surface area contributed by atoms with E-state index in [-0.39, 0.29) is 5.82 Å². The number of H-pyrrole nitrogens is 1. The average Bonchev–Trinajstić information content (AvgIpc) is 2.80. The van der Waals surface area contributed by atoms with E-state index < -0.39 is 0 Å². The molecule has 0 bridgehead atoms. The second-order valence-electron chi connectivity index (χ2n) is 4.85. The first kappa shape index (κ1) is 13.6. The Morgan fingerprint density at radius 2 is 2.00 bits per heavy atom. The Hall–Kier alpha value is -2.33. The zero-order chi connectivity index (χ0) is 15.0. The first-order valence-corrected chi connectivity index (χ1v) is 6.80. The van der Waals surface area contributed by atoms with Crippen molar-refractivity contribution in [2.75, 3.05) is 5.73 Å². The lowest BCUT2D eigenvalue weighted by Gasteiger charge is -2.07. The summed E-state index contributed by atoms with van der Waals surface area (Å²) in [6.45, 7) is 2.00. The summed E-state index contributed by atoms with van der Waals surface area (Å²) in [5.74, 6) is 0.00401. The number of benzene rings is 2. The number of anilines is 1. The number of hydrogen-bond donors (Lipinski definition) is 2. The van der Waals surface area contributed by atoms with E-state index in [1.54, 1.807) is 6.07 Å². The smallest absolute Gasteiger partial charge is 0.153 e. The summed E-state index contributed by atoms with van der Waals surface area (Å²) >= 11 is 6.14. The maximum atomic E-state index is 13.2. The predicted molar refractivity (Wildman–Crippen MR) is 83.6 cm³/mol. The van der Waals surface area contributed by atoms with Crippen molar-refractivity contribution in [3.63, 3.8) is 0 Å². The monoisotopic (exact) mass is 301 g/mol. The Balaban J connectivity index is 2.22. The van der Waals surface area contributed by atoms with Gasteiger partial charge in [0.1, 0.15) is 5.82 Å². The third kappa shape index (κ3) is 2.50. The van der Waals surface area contributed by atoms with E-state index in [1.165, 1.54) is 12.1 Å². The molecule has 1 aromatic heterocycles. The van der Waals surface area contributed by atoms with Crippen molar-refractivity contribution < 1.29 is 4.39 Å². The van der Waals surface area contributed by atoms with Gasteiger partial charge in [-0.15, -0.1) is 0 Å². The van der Waals surface area contributed by atoms with Crippen LogP contribution in [-0.2, 0) is 0 Å². The number of hydrogen-bond acceptors (Lipinski definition) is 2. The standard InChI is InChI=1S/C16H13ClFN3/c1-9-3-2-4-10(7-9)14-15(20-21-16(14)19)12-6-5-11(18)8-13(12)17/h2-8H,1H3,(H3,19,20,21). The lowest BCUT2D eigenvalue weighted by Crippen LogP contribution is -1.90. The van der Waals surface area contributed by atoms with Crippen molar-refractivity contribution in [3.8, 4) is 22.4 Å². The maximum absolute atomic E-state index is 13.2. The van der Waals surface area contributed by atoms with Crippen molar-refractivity contribution in [1.29, 1.82) is 0 Å². The number of aromatic nitrogens is 2. The van der Waals surface area contributed by atoms with E-state index in [2.05, 4.69) is 10.2 Å². The molecule has 3 N–H and O–H groups in total. The van der Waals surface area contributed by atoms with Crippen LogP contribution in [0.1, 0.15) is 5.56 Å². The number of nitrogens with one attached hydrogen (secondary N) is 1. The molecule has 0 aliphatic carbocycles. The van der Waals surface area contributed by atoms with Crippen LogP contribution in [-0.4, -0.2) is 10.2 Å². The fraction of sp³-hybridized carbons (Fsp3) is 0.0625. The summed E-state index contributed by atoms with van der Waals surface area (Å²) < 4.78 is 13.2. The molecule has 21 heavy (non-hydrogen) atoms. The van der Waals surface area contributed by atoms with E-state index in [4.69, 9.17) is 17.3 Å². The Morgan fingerprint density at radius 1 is 1.19 bits per heavy atom. The second-order valence-corrected chi connectivity index (χ2v) is 5.26. The van der Waals surface area contributed by atoms with Crippen LogP contribution in [0.5, 0.6) is 0 Å². The van der Waals surface area contributed by atoms with E-state index in [0.29, 0.717) is 22.1 Å². The van der Waals surface area contributed by atoms with Crippen LogP contribution in [0.3, 0.4) is 0 Å². The molecule has 1 heterocycles. The van der Waals surface area contributed by atoms with Gasteiger partial charge in [0.2, 0.25) is 0 Å². The number of nitrogens with zero attached hydrogens (tertiary/aromatic N) is 1. The minimum Gasteiger partial charge on any atom is -0.382 e. The molecule has 3 rings (SSSR count). The highest BCUT2D eigenvalue weighted by Gasteiger charge is 2.17. The number of nitrogens with two attached hydrogens (primary N) is 1. The second kappa shape index (κ2) is 5.22. The molecular formula is C16H13ClFN3. The van der Waals surface area contributed by atoms with Crippen molar-refractivity contribution in [2.45, 2.75) is 6.92 Å². The van der Waals surface area contributed by atoms with Gasteiger partial charge >= 0.3 is 0 Å². The summed E-state index contributed by atoms with van der Waals surface area (Å²) in [6.07, 6.45) is 0. The van der Waals surface area contributed by atoms with Crippen LogP contribution >= 0.6 is 11.6 Å². The third-order valence-electron chi connectivity index (χ3n) is 3.30. The van der Waals surface area contributed by atoms with Gasteiger partial charge in [-0.25, -0.2) is 4.39 Å². The number of aromatic amines is 1. The van der Waals surface area contributed by atoms with Gasteiger partial charge in [-0.2, -0.15) is 5.10 Å². The van der Waals surface area contributed by atoms with Crippen molar-refractivity contribution >= 4 is 17.4 Å². The normalized spacial score (nSPS) is 10.8. The molecule has 106 valence electrons. The van der Waals surface area contributed by atoms with Gasteiger partial charge in [-0.05, 0) is 30.7 Å². The predicted octanol–water partition coefficient (Wildman–Crippen LogP) is 4.43. The molecule has 0 saturated heterocycles. The summed E-state index contributed by atoms with van der Waals surface area (Å²) in [6, 6.07) is 12.2. The van der Waals surface area contributed by atoms with E-state index in [9.17, 15) is 4.39 Å². The maximum Gasteiger partial charge on any atom is 0.153 e. The van der Waals surface area contributed by atoms with E-state index in [0.717, 1.165) is 16.7 Å². The summed E-state index contributed by atoms with van der Waals surface area (Å²) in [5, 5.41) is 7.26. The number of halogens is 2. The van der Waals surface area contributed by atoms with Crippen molar-refractivity contribution in [3.05, 3.63) is 58.9 Å². The molecule has 3 aromatic rings.